The van der Waals surface area contributed by atoms with Crippen molar-refractivity contribution in [2.75, 3.05) is 93.5 Å². The second-order valence-electron chi connectivity index (χ2n) is 17.0. The van der Waals surface area contributed by atoms with E-state index in [2.05, 4.69) is 182 Å². The van der Waals surface area contributed by atoms with Gasteiger partial charge < -0.3 is 18.9 Å². The van der Waals surface area contributed by atoms with E-state index >= 15 is 0 Å². The molecule has 69 heavy (non-hydrogen) atoms. The SMILES string of the molecule is CC=C1COCC1=CC(/C=C/c1ccc2c(c1)C(CCOCCOCCOC)(CCOCCOCCOC)c1cc(/C=C/C)ccc1-2)=C([C]#[Os])[P+](c1ccccc1)(c1ccccc1)c1ccccc1. The molecular formula is C60H67O7OsP+. The van der Waals surface area contributed by atoms with Gasteiger partial charge in [0, 0.05) is 14.2 Å². The molecule has 0 amide bonds. The van der Waals surface area contributed by atoms with Crippen molar-refractivity contribution in [3.63, 3.8) is 0 Å². The fourth-order valence-electron chi connectivity index (χ4n) is 9.54. The van der Waals surface area contributed by atoms with Gasteiger partial charge in [-0.2, -0.15) is 0 Å². The fraction of sp³-hybridized carbons (Fsp3) is 0.317. The number of methoxy groups -OCH3 is 2. The molecule has 0 atom stereocenters. The minimum absolute atomic E-state index is 0.381. The number of rotatable bonds is 26. The third-order valence-electron chi connectivity index (χ3n) is 12.9. The van der Waals surface area contributed by atoms with Crippen molar-refractivity contribution in [3.05, 3.63) is 196 Å². The van der Waals surface area contributed by atoms with Gasteiger partial charge >= 0.3 is 318 Å². The van der Waals surface area contributed by atoms with Crippen LogP contribution in [0.5, 0.6) is 0 Å². The van der Waals surface area contributed by atoms with Crippen molar-refractivity contribution < 1.29 is 51.1 Å². The van der Waals surface area contributed by atoms with Crippen molar-refractivity contribution in [1.29, 1.82) is 0 Å². The van der Waals surface area contributed by atoms with Crippen molar-refractivity contribution in [2.24, 2.45) is 0 Å². The molecule has 0 N–H and O–H groups in total. The first kappa shape index (κ1) is 52.2. The second kappa shape index (κ2) is 27.1. The maximum atomic E-state index is 6.36. The summed E-state index contributed by atoms with van der Waals surface area (Å²) in [6, 6.07) is 47.1. The first-order chi connectivity index (χ1) is 34.0. The Kier molecular flexibility index (Phi) is 20.5. The van der Waals surface area contributed by atoms with E-state index in [1.165, 1.54) is 60.2 Å². The van der Waals surface area contributed by atoms with Crippen LogP contribution in [0.25, 0.3) is 23.3 Å². The first-order valence-electron chi connectivity index (χ1n) is 24.0. The van der Waals surface area contributed by atoms with Crippen LogP contribution in [0.4, 0.5) is 0 Å². The van der Waals surface area contributed by atoms with E-state index < -0.39 is 7.26 Å². The number of ether oxygens (including phenoxy) is 7. The van der Waals surface area contributed by atoms with Crippen molar-refractivity contribution in [2.45, 2.75) is 32.1 Å². The molecule has 0 aromatic heterocycles. The summed E-state index contributed by atoms with van der Waals surface area (Å²) in [6.07, 6.45) is 15.0. The standard InChI is InChI=1S/C60H67O7P.Os/c1-6-17-48-25-28-56-57-29-26-49(43-59(57)60(58(56)42-48,30-32-63-38-40-65-36-34-61-4)31-33-64-39-41-66-37-35-62-5)24-27-51(44-52-46-67-45-50(52)7-2)47(3)68(53-18-11-8-12-19-53,54-20-13-9-14-21-54)55-22-15-10-16-23-55;/h6-29,42-44H,30-41,45-46H2,1-2,4-5H3;/q+1;/b17-6+,27-24+,50-7?,51-47?,52-44?;. The summed E-state index contributed by atoms with van der Waals surface area (Å²) >= 11 is 1.81. The van der Waals surface area contributed by atoms with Gasteiger partial charge in [-0.3, -0.25) is 0 Å². The predicted octanol–water partition coefficient (Wildman–Crippen LogP) is 10.8. The summed E-state index contributed by atoms with van der Waals surface area (Å²) in [5.41, 5.74) is 10.5. The average Bonchev–Trinajstić information content (AvgIpc) is 3.96. The van der Waals surface area contributed by atoms with E-state index in [9.17, 15) is 0 Å². The van der Waals surface area contributed by atoms with Crippen molar-refractivity contribution >= 4 is 35.3 Å². The van der Waals surface area contributed by atoms with E-state index in [4.69, 9.17) is 33.2 Å². The molecule has 2 aliphatic rings. The Bertz CT molecular complexity index is 2500. The Morgan fingerprint density at radius 2 is 1.03 bits per heavy atom. The van der Waals surface area contributed by atoms with Crippen molar-refractivity contribution in [1.82, 2.24) is 0 Å². The molecule has 7 rings (SSSR count). The van der Waals surface area contributed by atoms with Crippen LogP contribution in [0.1, 0.15) is 48.9 Å². The third-order valence-corrected chi connectivity index (χ3v) is 18.3. The molecule has 361 valence electrons. The number of hydrogen-bond donors (Lipinski definition) is 0. The van der Waals surface area contributed by atoms with E-state index in [1.54, 1.807) is 14.2 Å². The molecule has 9 heteroatoms. The molecule has 0 bridgehead atoms. The van der Waals surface area contributed by atoms with Gasteiger partial charge in [0.15, 0.2) is 0 Å². The van der Waals surface area contributed by atoms with E-state index in [-0.39, 0.29) is 5.41 Å². The zero-order chi connectivity index (χ0) is 48.2. The summed E-state index contributed by atoms with van der Waals surface area (Å²) in [7, 11) is 0.865. The second-order valence-corrected chi connectivity index (χ2v) is 21.0. The zero-order valence-corrected chi connectivity index (χ0v) is 44.1. The number of fused-ring (bicyclic) bond motifs is 3. The van der Waals surface area contributed by atoms with Crippen molar-refractivity contribution in [3.8, 4) is 15.5 Å². The summed E-state index contributed by atoms with van der Waals surface area (Å²) in [6.45, 7) is 10.7. The number of hydrogen-bond acceptors (Lipinski definition) is 7. The normalized spacial score (nSPS) is 15.8. The topological polar surface area (TPSA) is 64.6 Å². The molecule has 1 fully saturated rings. The van der Waals surface area contributed by atoms with Crippen LogP contribution in [0.15, 0.2) is 174 Å². The van der Waals surface area contributed by atoms with Crippen LogP contribution in [-0.4, -0.2) is 93.5 Å². The van der Waals surface area contributed by atoms with Crippen LogP contribution in [0.2, 0.25) is 0 Å². The molecule has 0 radical (unpaired) electrons. The molecule has 0 spiro atoms. The van der Waals surface area contributed by atoms with E-state index in [0.717, 1.165) is 24.0 Å². The molecule has 5 aromatic carbocycles. The Labute approximate surface area is 421 Å². The Morgan fingerprint density at radius 3 is 1.48 bits per heavy atom. The number of allylic oxidation sites excluding steroid dienone is 6. The molecule has 1 aliphatic heterocycles. The Morgan fingerprint density at radius 1 is 0.580 bits per heavy atom. The van der Waals surface area contributed by atoms with E-state index in [1.807, 2.05) is 17.9 Å². The first-order valence-corrected chi connectivity index (χ1v) is 27.1. The molecule has 1 aliphatic carbocycles. The molecule has 1 saturated heterocycles. The Hall–Kier alpha value is -4.63. The third kappa shape index (κ3) is 12.6. The Balaban J connectivity index is 1.37. The molecule has 0 unspecified atom stereocenters. The van der Waals surface area contributed by atoms with Crippen LogP contribution in [0, 0.1) is 4.37 Å². The fourth-order valence-corrected chi connectivity index (χ4v) is 15.4. The van der Waals surface area contributed by atoms with Gasteiger partial charge in [0.25, 0.3) is 0 Å². The van der Waals surface area contributed by atoms with Gasteiger partial charge in [0.05, 0.1) is 52.9 Å². The summed E-state index contributed by atoms with van der Waals surface area (Å²) in [5, 5.41) is 5.01. The van der Waals surface area contributed by atoms with Crippen LogP contribution >= 0.6 is 7.26 Å². The molecule has 1 heterocycles. The van der Waals surface area contributed by atoms with Gasteiger partial charge in [-0.1, -0.05) is 12.2 Å². The molecule has 7 nitrogen and oxygen atoms in total. The summed E-state index contributed by atoms with van der Waals surface area (Å²) in [5.74, 6) is 0. The van der Waals surface area contributed by atoms with Crippen LogP contribution in [0.3, 0.4) is 0 Å². The summed E-state index contributed by atoms with van der Waals surface area (Å²) in [4.78, 5) is 0. The zero-order valence-electron chi connectivity index (χ0n) is 40.6. The van der Waals surface area contributed by atoms with Gasteiger partial charge in [0.1, 0.15) is 0 Å². The monoisotopic (exact) mass is 1120 g/mol. The molecular weight excluding hydrogens is 1050 g/mol. The predicted molar refractivity (Wildman–Crippen MR) is 281 cm³/mol. The van der Waals surface area contributed by atoms with Crippen LogP contribution in [-0.2, 0) is 56.5 Å². The molecule has 0 saturated carbocycles. The molecule has 5 aromatic rings. The van der Waals surface area contributed by atoms with E-state index in [0.29, 0.717) is 79.3 Å². The average molecular weight is 1120 g/mol. The van der Waals surface area contributed by atoms with Gasteiger partial charge in [-0.15, -0.1) is 0 Å². The number of benzene rings is 5. The summed E-state index contributed by atoms with van der Waals surface area (Å²) < 4.78 is 44.6. The van der Waals surface area contributed by atoms with Gasteiger partial charge in [-0.25, -0.2) is 0 Å². The van der Waals surface area contributed by atoms with Crippen LogP contribution < -0.4 is 15.9 Å². The van der Waals surface area contributed by atoms with Gasteiger partial charge in [0.2, 0.25) is 0 Å². The maximum absolute atomic E-state index is 6.36. The quantitative estimate of drug-likeness (QED) is 0.0311. The minimum atomic E-state index is -2.51. The van der Waals surface area contributed by atoms with Gasteiger partial charge in [-0.05, 0) is 6.92 Å².